The number of rotatable bonds is 7. The molecule has 0 aromatic heterocycles. The zero-order valence-electron chi connectivity index (χ0n) is 9.93. The highest BCUT2D eigenvalue weighted by molar-refractivity contribution is 5.50. The topological polar surface area (TPSA) is 84.6 Å². The zero-order valence-corrected chi connectivity index (χ0v) is 9.93. The number of nitrogens with one attached hydrogen (secondary N) is 1. The van der Waals surface area contributed by atoms with Crippen molar-refractivity contribution < 1.29 is 19.2 Å². The van der Waals surface area contributed by atoms with Gasteiger partial charge in [0.2, 0.25) is 0 Å². The minimum absolute atomic E-state index is 0.0599. The Balaban J connectivity index is 2.79. The lowest BCUT2D eigenvalue weighted by molar-refractivity contribution is -0.385. The van der Waals surface area contributed by atoms with Crippen LogP contribution in [0.25, 0.3) is 0 Å². The van der Waals surface area contributed by atoms with Gasteiger partial charge in [0.1, 0.15) is 0 Å². The van der Waals surface area contributed by atoms with Crippen LogP contribution in [0.1, 0.15) is 6.42 Å². The second-order valence-electron chi connectivity index (χ2n) is 3.73. The molecule has 6 nitrogen and oxygen atoms in total. The van der Waals surface area contributed by atoms with Gasteiger partial charge in [-0.05, 0) is 12.5 Å². The molecule has 0 fully saturated rings. The van der Waals surface area contributed by atoms with Crippen LogP contribution in [0.2, 0.25) is 0 Å². The smallest absolute Gasteiger partial charge is 0.272 e. The van der Waals surface area contributed by atoms with E-state index in [1.807, 2.05) is 0 Å². The molecule has 100 valence electrons. The van der Waals surface area contributed by atoms with E-state index in [2.05, 4.69) is 5.32 Å². The molecule has 2 N–H and O–H groups in total. The van der Waals surface area contributed by atoms with Gasteiger partial charge in [0, 0.05) is 19.8 Å². The van der Waals surface area contributed by atoms with Crippen molar-refractivity contribution in [1.82, 2.24) is 0 Å². The van der Waals surface area contributed by atoms with Crippen LogP contribution in [-0.2, 0) is 4.74 Å². The molecule has 0 saturated carbocycles. The zero-order chi connectivity index (χ0) is 13.5. The number of ether oxygens (including phenoxy) is 1. The van der Waals surface area contributed by atoms with E-state index >= 15 is 0 Å². The van der Waals surface area contributed by atoms with Gasteiger partial charge in [0.15, 0.2) is 5.82 Å². The van der Waals surface area contributed by atoms with Crippen molar-refractivity contribution in [3.63, 3.8) is 0 Å². The number of hydrogen-bond acceptors (Lipinski definition) is 5. The number of anilines is 1. The SMILES string of the molecule is COCC(CCO)Nc1ccc([N+](=O)[O-])cc1F. The number of nitro benzene ring substituents is 1. The summed E-state index contributed by atoms with van der Waals surface area (Å²) in [7, 11) is 1.50. The van der Waals surface area contributed by atoms with Gasteiger partial charge in [0.05, 0.1) is 29.3 Å². The quantitative estimate of drug-likeness (QED) is 0.572. The van der Waals surface area contributed by atoms with Crippen LogP contribution in [0.4, 0.5) is 15.8 Å². The maximum Gasteiger partial charge on any atom is 0.272 e. The minimum atomic E-state index is -0.705. The van der Waals surface area contributed by atoms with Crippen LogP contribution in [-0.4, -0.2) is 36.4 Å². The van der Waals surface area contributed by atoms with E-state index in [-0.39, 0.29) is 24.0 Å². The first kappa shape index (κ1) is 14.3. The molecule has 0 saturated heterocycles. The van der Waals surface area contributed by atoms with E-state index in [0.717, 1.165) is 6.07 Å². The van der Waals surface area contributed by atoms with Crippen molar-refractivity contribution in [2.45, 2.75) is 12.5 Å². The Morgan fingerprint density at radius 2 is 2.33 bits per heavy atom. The molecule has 1 aromatic carbocycles. The molecule has 1 atom stereocenters. The molecule has 7 heteroatoms. The van der Waals surface area contributed by atoms with Crippen molar-refractivity contribution in [3.05, 3.63) is 34.1 Å². The van der Waals surface area contributed by atoms with E-state index < -0.39 is 10.7 Å². The van der Waals surface area contributed by atoms with Crippen molar-refractivity contribution in [1.29, 1.82) is 0 Å². The van der Waals surface area contributed by atoms with Gasteiger partial charge >= 0.3 is 0 Å². The number of nitrogens with zero attached hydrogens (tertiary/aromatic N) is 1. The maximum atomic E-state index is 13.6. The largest absolute Gasteiger partial charge is 0.396 e. The lowest BCUT2D eigenvalue weighted by Crippen LogP contribution is -2.26. The highest BCUT2D eigenvalue weighted by Crippen LogP contribution is 2.21. The number of aliphatic hydroxyl groups excluding tert-OH is 1. The van der Waals surface area contributed by atoms with Crippen molar-refractivity contribution in [2.75, 3.05) is 25.6 Å². The molecule has 0 radical (unpaired) electrons. The summed E-state index contributed by atoms with van der Waals surface area (Å²) >= 11 is 0. The first-order chi connectivity index (χ1) is 8.58. The number of benzene rings is 1. The summed E-state index contributed by atoms with van der Waals surface area (Å²) in [5.74, 6) is -0.705. The summed E-state index contributed by atoms with van der Waals surface area (Å²) in [5, 5.41) is 22.1. The van der Waals surface area contributed by atoms with Gasteiger partial charge < -0.3 is 15.2 Å². The molecule has 1 aromatic rings. The lowest BCUT2D eigenvalue weighted by Gasteiger charge is -2.18. The number of aliphatic hydroxyl groups is 1. The Morgan fingerprint density at radius 3 is 2.83 bits per heavy atom. The number of hydrogen-bond donors (Lipinski definition) is 2. The second kappa shape index (κ2) is 6.87. The third kappa shape index (κ3) is 3.94. The van der Waals surface area contributed by atoms with E-state index in [4.69, 9.17) is 9.84 Å². The molecular weight excluding hydrogens is 243 g/mol. The maximum absolute atomic E-state index is 13.6. The number of non-ortho nitro benzene ring substituents is 1. The van der Waals surface area contributed by atoms with E-state index in [0.29, 0.717) is 13.0 Å². The normalized spacial score (nSPS) is 12.2. The standard InChI is InChI=1S/C11H15FN2O4/c1-18-7-8(4-5-15)13-11-3-2-9(14(16)17)6-10(11)12/h2-3,6,8,13,15H,4-5,7H2,1H3. The van der Waals surface area contributed by atoms with Gasteiger partial charge in [-0.25, -0.2) is 4.39 Å². The predicted octanol–water partition coefficient (Wildman–Crippen LogP) is 1.54. The van der Waals surface area contributed by atoms with Gasteiger partial charge in [-0.1, -0.05) is 0 Å². The first-order valence-electron chi connectivity index (χ1n) is 5.38. The number of halogens is 1. The third-order valence-corrected chi connectivity index (χ3v) is 2.37. The number of nitro groups is 1. The Labute approximate surface area is 104 Å². The minimum Gasteiger partial charge on any atom is -0.396 e. The summed E-state index contributed by atoms with van der Waals surface area (Å²) in [6.07, 6.45) is 0.393. The molecule has 0 heterocycles. The fourth-order valence-electron chi connectivity index (χ4n) is 1.51. The lowest BCUT2D eigenvalue weighted by atomic mass is 10.2. The predicted molar refractivity (Wildman–Crippen MR) is 64.0 cm³/mol. The fourth-order valence-corrected chi connectivity index (χ4v) is 1.51. The van der Waals surface area contributed by atoms with Crippen molar-refractivity contribution >= 4 is 11.4 Å². The molecular formula is C11H15FN2O4. The van der Waals surface area contributed by atoms with E-state index in [1.54, 1.807) is 0 Å². The van der Waals surface area contributed by atoms with Crippen LogP contribution in [0.3, 0.4) is 0 Å². The molecule has 1 unspecified atom stereocenters. The second-order valence-corrected chi connectivity index (χ2v) is 3.73. The Morgan fingerprint density at radius 1 is 1.61 bits per heavy atom. The van der Waals surface area contributed by atoms with Crippen LogP contribution >= 0.6 is 0 Å². The fraction of sp³-hybridized carbons (Fsp3) is 0.455. The molecule has 0 aliphatic rings. The van der Waals surface area contributed by atoms with Gasteiger partial charge in [0.25, 0.3) is 5.69 Å². The monoisotopic (exact) mass is 258 g/mol. The van der Waals surface area contributed by atoms with Crippen LogP contribution in [0.15, 0.2) is 18.2 Å². The van der Waals surface area contributed by atoms with Gasteiger partial charge in [-0.3, -0.25) is 10.1 Å². The molecule has 18 heavy (non-hydrogen) atoms. The summed E-state index contributed by atoms with van der Waals surface area (Å²) < 4.78 is 18.5. The molecule has 0 bridgehead atoms. The van der Waals surface area contributed by atoms with Crippen LogP contribution in [0, 0.1) is 15.9 Å². The Kier molecular flexibility index (Phi) is 5.47. The van der Waals surface area contributed by atoms with Crippen LogP contribution in [0.5, 0.6) is 0 Å². The molecule has 0 spiro atoms. The van der Waals surface area contributed by atoms with Gasteiger partial charge in [-0.15, -0.1) is 0 Å². The van der Waals surface area contributed by atoms with Crippen LogP contribution < -0.4 is 5.32 Å². The average molecular weight is 258 g/mol. The van der Waals surface area contributed by atoms with Gasteiger partial charge in [-0.2, -0.15) is 0 Å². The molecule has 0 aliphatic heterocycles. The molecule has 0 amide bonds. The highest BCUT2D eigenvalue weighted by Gasteiger charge is 2.14. The molecule has 1 rings (SSSR count). The van der Waals surface area contributed by atoms with Crippen molar-refractivity contribution in [3.8, 4) is 0 Å². The van der Waals surface area contributed by atoms with E-state index in [1.165, 1.54) is 19.2 Å². The summed E-state index contributed by atoms with van der Waals surface area (Å²) in [5.41, 5.74) is -0.153. The summed E-state index contributed by atoms with van der Waals surface area (Å²) in [6, 6.07) is 3.11. The summed E-state index contributed by atoms with van der Waals surface area (Å²) in [4.78, 5) is 9.80. The Bertz CT molecular complexity index is 408. The first-order valence-corrected chi connectivity index (χ1v) is 5.38. The summed E-state index contributed by atoms with van der Waals surface area (Å²) in [6.45, 7) is 0.243. The third-order valence-electron chi connectivity index (χ3n) is 2.37. The Hall–Kier alpha value is -1.73. The molecule has 0 aliphatic carbocycles. The number of methoxy groups -OCH3 is 1. The van der Waals surface area contributed by atoms with E-state index in [9.17, 15) is 14.5 Å². The van der Waals surface area contributed by atoms with Crippen molar-refractivity contribution in [2.24, 2.45) is 0 Å². The highest BCUT2D eigenvalue weighted by atomic mass is 19.1. The average Bonchev–Trinajstić information content (AvgIpc) is 2.32.